The minimum Gasteiger partial charge on any atom is -0.458 e. The summed E-state index contributed by atoms with van der Waals surface area (Å²) >= 11 is 1.33. The smallest absolute Gasteiger partial charge is 0.325 e. The van der Waals surface area contributed by atoms with Crippen LogP contribution in [0.4, 0.5) is 5.69 Å². The molecule has 0 aliphatic heterocycles. The molecule has 0 aliphatic carbocycles. The normalized spacial score (nSPS) is 10.4. The van der Waals surface area contributed by atoms with Gasteiger partial charge < -0.3 is 15.4 Å². The number of rotatable bonds is 8. The van der Waals surface area contributed by atoms with E-state index in [4.69, 9.17) is 4.74 Å². The number of aromatic nitrogens is 1. The number of carbonyl (C=O) groups excluding carboxylic acids is 3. The summed E-state index contributed by atoms with van der Waals surface area (Å²) in [6.45, 7) is 3.50. The summed E-state index contributed by atoms with van der Waals surface area (Å²) in [6, 6.07) is 14.7. The second-order valence-electron chi connectivity index (χ2n) is 6.93. The molecule has 31 heavy (non-hydrogen) atoms. The second kappa shape index (κ2) is 10.5. The van der Waals surface area contributed by atoms with Gasteiger partial charge in [-0.25, -0.2) is 4.98 Å². The zero-order valence-corrected chi connectivity index (χ0v) is 18.1. The summed E-state index contributed by atoms with van der Waals surface area (Å²) in [5, 5.41) is 7.79. The van der Waals surface area contributed by atoms with Gasteiger partial charge in [0.15, 0.2) is 0 Å². The molecule has 160 valence electrons. The predicted octanol–water partition coefficient (Wildman–Crippen LogP) is 3.41. The van der Waals surface area contributed by atoms with Crippen molar-refractivity contribution in [3.63, 3.8) is 0 Å². The lowest BCUT2D eigenvalue weighted by molar-refractivity contribution is -0.143. The first-order valence-electron chi connectivity index (χ1n) is 9.70. The summed E-state index contributed by atoms with van der Waals surface area (Å²) in [4.78, 5) is 40.6. The van der Waals surface area contributed by atoms with Crippen molar-refractivity contribution in [3.8, 4) is 0 Å². The van der Waals surface area contributed by atoms with Gasteiger partial charge in [0.2, 0.25) is 5.91 Å². The summed E-state index contributed by atoms with van der Waals surface area (Å²) in [5.74, 6) is -1.05. The van der Waals surface area contributed by atoms with Crippen LogP contribution < -0.4 is 10.6 Å². The van der Waals surface area contributed by atoms with Crippen LogP contribution in [-0.2, 0) is 27.4 Å². The van der Waals surface area contributed by atoms with Crippen molar-refractivity contribution >= 4 is 34.8 Å². The van der Waals surface area contributed by atoms with E-state index in [1.807, 2.05) is 50.2 Å². The molecule has 2 amide bonds. The summed E-state index contributed by atoms with van der Waals surface area (Å²) in [5.41, 5.74) is 3.66. The van der Waals surface area contributed by atoms with E-state index in [0.717, 1.165) is 16.8 Å². The molecular formula is C23H23N3O4S. The molecule has 0 saturated carbocycles. The van der Waals surface area contributed by atoms with Crippen LogP contribution >= 0.6 is 11.3 Å². The van der Waals surface area contributed by atoms with Crippen molar-refractivity contribution in [3.05, 3.63) is 81.3 Å². The Hall–Kier alpha value is -3.52. The van der Waals surface area contributed by atoms with E-state index in [1.165, 1.54) is 11.3 Å². The molecule has 0 aliphatic rings. The number of thiazole rings is 1. The van der Waals surface area contributed by atoms with E-state index in [2.05, 4.69) is 15.6 Å². The fraction of sp³-hybridized carbons (Fsp3) is 0.217. The molecule has 0 spiro atoms. The molecule has 2 aromatic carbocycles. The van der Waals surface area contributed by atoms with Crippen LogP contribution in [-0.4, -0.2) is 29.3 Å². The molecule has 0 radical (unpaired) electrons. The van der Waals surface area contributed by atoms with E-state index >= 15 is 0 Å². The van der Waals surface area contributed by atoms with Gasteiger partial charge in [0.25, 0.3) is 5.91 Å². The minimum atomic E-state index is -0.561. The molecule has 7 nitrogen and oxygen atoms in total. The number of nitrogens with zero attached hydrogens (tertiary/aromatic N) is 1. The summed E-state index contributed by atoms with van der Waals surface area (Å²) in [6.07, 6.45) is 0.138. The largest absolute Gasteiger partial charge is 0.458 e. The molecule has 8 heteroatoms. The number of benzene rings is 2. The van der Waals surface area contributed by atoms with Crippen LogP contribution in [0.1, 0.15) is 32.2 Å². The maximum atomic E-state index is 12.2. The van der Waals surface area contributed by atoms with E-state index < -0.39 is 5.97 Å². The fourth-order valence-corrected chi connectivity index (χ4v) is 3.60. The molecule has 0 unspecified atom stereocenters. The van der Waals surface area contributed by atoms with E-state index in [-0.39, 0.29) is 31.4 Å². The van der Waals surface area contributed by atoms with Crippen LogP contribution in [0, 0.1) is 13.8 Å². The molecule has 0 fully saturated rings. The molecule has 3 rings (SSSR count). The summed E-state index contributed by atoms with van der Waals surface area (Å²) in [7, 11) is 0. The number of amides is 2. The average molecular weight is 438 g/mol. The van der Waals surface area contributed by atoms with Gasteiger partial charge in [-0.3, -0.25) is 14.4 Å². The van der Waals surface area contributed by atoms with Crippen molar-refractivity contribution in [2.24, 2.45) is 0 Å². The molecule has 3 aromatic rings. The van der Waals surface area contributed by atoms with Crippen molar-refractivity contribution in [2.75, 3.05) is 11.9 Å². The first-order valence-corrected chi connectivity index (χ1v) is 10.6. The first kappa shape index (κ1) is 22.2. The Morgan fingerprint density at radius 2 is 1.71 bits per heavy atom. The first-order chi connectivity index (χ1) is 14.9. The van der Waals surface area contributed by atoms with Crippen molar-refractivity contribution in [1.29, 1.82) is 0 Å². The number of ether oxygens (including phenoxy) is 1. The Bertz CT molecular complexity index is 1090. The Kier molecular flexibility index (Phi) is 7.50. The number of hydrogen-bond acceptors (Lipinski definition) is 6. The van der Waals surface area contributed by atoms with Crippen molar-refractivity contribution in [2.45, 2.75) is 26.9 Å². The average Bonchev–Trinajstić information content (AvgIpc) is 3.19. The van der Waals surface area contributed by atoms with Crippen LogP contribution in [0.5, 0.6) is 0 Å². The van der Waals surface area contributed by atoms with Crippen molar-refractivity contribution in [1.82, 2.24) is 10.3 Å². The molecule has 1 heterocycles. The highest BCUT2D eigenvalue weighted by molar-refractivity contribution is 7.09. The zero-order chi connectivity index (χ0) is 22.2. The molecule has 0 bridgehead atoms. The van der Waals surface area contributed by atoms with Gasteiger partial charge in [0.1, 0.15) is 18.2 Å². The van der Waals surface area contributed by atoms with Crippen molar-refractivity contribution < 1.29 is 19.1 Å². The van der Waals surface area contributed by atoms with Gasteiger partial charge in [0, 0.05) is 16.6 Å². The highest BCUT2D eigenvalue weighted by Gasteiger charge is 2.13. The third-order valence-electron chi connectivity index (χ3n) is 4.49. The van der Waals surface area contributed by atoms with Gasteiger partial charge in [-0.1, -0.05) is 36.4 Å². The van der Waals surface area contributed by atoms with Gasteiger partial charge in [-0.2, -0.15) is 0 Å². The topological polar surface area (TPSA) is 97.4 Å². The lowest BCUT2D eigenvalue weighted by Crippen LogP contribution is -2.31. The lowest BCUT2D eigenvalue weighted by atomic mass is 10.1. The number of aryl methyl sites for hydroxylation is 2. The number of nitrogens with one attached hydrogen (secondary N) is 2. The molecule has 0 saturated heterocycles. The monoisotopic (exact) mass is 437 g/mol. The van der Waals surface area contributed by atoms with Gasteiger partial charge in [-0.15, -0.1) is 11.3 Å². The molecule has 0 atom stereocenters. The third kappa shape index (κ3) is 6.48. The molecule has 1 aromatic heterocycles. The van der Waals surface area contributed by atoms with E-state index in [0.29, 0.717) is 16.3 Å². The Balaban J connectivity index is 1.43. The van der Waals surface area contributed by atoms with Gasteiger partial charge >= 0.3 is 5.97 Å². The van der Waals surface area contributed by atoms with Gasteiger partial charge in [-0.05, 0) is 37.1 Å². The number of esters is 1. The van der Waals surface area contributed by atoms with E-state index in [9.17, 15) is 14.4 Å². The molecular weight excluding hydrogens is 414 g/mol. The van der Waals surface area contributed by atoms with E-state index in [1.54, 1.807) is 17.5 Å². The Labute approximate surface area is 184 Å². The highest BCUT2D eigenvalue weighted by atomic mass is 32.1. The maximum Gasteiger partial charge on any atom is 0.325 e. The Morgan fingerprint density at radius 1 is 1.00 bits per heavy atom. The fourth-order valence-electron chi connectivity index (χ4n) is 2.82. The van der Waals surface area contributed by atoms with Crippen LogP contribution in [0.2, 0.25) is 0 Å². The summed E-state index contributed by atoms with van der Waals surface area (Å²) < 4.78 is 5.16. The Morgan fingerprint density at radius 3 is 2.45 bits per heavy atom. The number of anilines is 1. The molecule has 2 N–H and O–H groups in total. The highest BCUT2D eigenvalue weighted by Crippen LogP contribution is 2.16. The standard InChI is InChI=1S/C23H23N3O4S/c1-15-7-3-5-9-18(15)23(29)24-12-22(28)30-13-17-14-31-21(25-17)11-20(27)26-19-10-6-4-8-16(19)2/h3-10,14H,11-13H2,1-2H3,(H,24,29)(H,26,27). The second-order valence-corrected chi connectivity index (χ2v) is 7.87. The minimum absolute atomic E-state index is 0.0189. The third-order valence-corrected chi connectivity index (χ3v) is 5.39. The maximum absolute atomic E-state index is 12.2. The lowest BCUT2D eigenvalue weighted by Gasteiger charge is -2.07. The van der Waals surface area contributed by atoms with Crippen LogP contribution in [0.15, 0.2) is 53.9 Å². The number of para-hydroxylation sites is 1. The quantitative estimate of drug-likeness (QED) is 0.527. The SMILES string of the molecule is Cc1ccccc1NC(=O)Cc1nc(COC(=O)CNC(=O)c2ccccc2C)cs1. The number of carbonyl (C=O) groups is 3. The zero-order valence-electron chi connectivity index (χ0n) is 17.3. The van der Waals surface area contributed by atoms with Gasteiger partial charge in [0.05, 0.1) is 12.1 Å². The number of hydrogen-bond donors (Lipinski definition) is 2. The van der Waals surface area contributed by atoms with Crippen LogP contribution in [0.3, 0.4) is 0 Å². The van der Waals surface area contributed by atoms with Crippen LogP contribution in [0.25, 0.3) is 0 Å². The predicted molar refractivity (Wildman–Crippen MR) is 119 cm³/mol.